The lowest BCUT2D eigenvalue weighted by Crippen LogP contribution is -2.39. The first-order valence-electron chi connectivity index (χ1n) is 8.14. The molecule has 2 aromatic rings. The Morgan fingerprint density at radius 2 is 2.04 bits per heavy atom. The Labute approximate surface area is 146 Å². The van der Waals surface area contributed by atoms with Crippen molar-refractivity contribution in [3.05, 3.63) is 18.2 Å². The Morgan fingerprint density at radius 1 is 1.26 bits per heavy atom. The number of aromatic nitrogens is 2. The molecule has 4 nitrogen and oxygen atoms in total. The number of nitrogens with one attached hydrogen (secondary N) is 1. The summed E-state index contributed by atoms with van der Waals surface area (Å²) >= 11 is 6.97. The van der Waals surface area contributed by atoms with Crippen LogP contribution in [0.2, 0.25) is 0 Å². The van der Waals surface area contributed by atoms with Gasteiger partial charge in [0.1, 0.15) is 11.0 Å². The molecule has 4 rings (SSSR count). The van der Waals surface area contributed by atoms with Crippen molar-refractivity contribution in [1.82, 2.24) is 13.6 Å². The van der Waals surface area contributed by atoms with Gasteiger partial charge in [0.15, 0.2) is 5.11 Å². The minimum Gasteiger partial charge on any atom is -0.345 e. The lowest BCUT2D eigenvalue weighted by atomic mass is 9.65. The van der Waals surface area contributed by atoms with E-state index in [1.54, 1.807) is 0 Å². The summed E-state index contributed by atoms with van der Waals surface area (Å²) in [4.78, 5) is 2.41. The average molecular weight is 347 g/mol. The van der Waals surface area contributed by atoms with Gasteiger partial charge >= 0.3 is 0 Å². The Bertz CT molecular complexity index is 769. The predicted molar refractivity (Wildman–Crippen MR) is 99.9 cm³/mol. The Kier molecular flexibility index (Phi) is 3.39. The Morgan fingerprint density at radius 3 is 2.87 bits per heavy atom. The Hall–Kier alpha value is -1.27. The van der Waals surface area contributed by atoms with E-state index in [2.05, 4.69) is 39.7 Å². The summed E-state index contributed by atoms with van der Waals surface area (Å²) in [6, 6.07) is 6.62. The molecule has 2 aliphatic rings. The van der Waals surface area contributed by atoms with Gasteiger partial charge in [-0.1, -0.05) is 20.8 Å². The predicted octanol–water partition coefficient (Wildman–Crippen LogP) is 4.29. The SMILES string of the molecule is CC1(C)C[C@H]2C[C@](C)(CN2C(=S)Nc2ccc3nsnc3c2)C1. The van der Waals surface area contributed by atoms with E-state index < -0.39 is 0 Å². The lowest BCUT2D eigenvalue weighted by molar-refractivity contribution is 0.132. The number of anilines is 1. The molecule has 0 spiro atoms. The van der Waals surface area contributed by atoms with Crippen molar-refractivity contribution < 1.29 is 0 Å². The maximum absolute atomic E-state index is 5.73. The van der Waals surface area contributed by atoms with E-state index in [1.807, 2.05) is 18.2 Å². The molecule has 1 aromatic heterocycles. The third-order valence-electron chi connectivity index (χ3n) is 5.18. The molecule has 1 N–H and O–H groups in total. The van der Waals surface area contributed by atoms with E-state index in [1.165, 1.54) is 31.0 Å². The lowest BCUT2D eigenvalue weighted by Gasteiger charge is -2.39. The van der Waals surface area contributed by atoms with E-state index >= 15 is 0 Å². The molecule has 1 aliphatic heterocycles. The van der Waals surface area contributed by atoms with E-state index in [0.29, 0.717) is 16.9 Å². The largest absolute Gasteiger partial charge is 0.345 e. The molecule has 0 radical (unpaired) electrons. The summed E-state index contributed by atoms with van der Waals surface area (Å²) in [6.45, 7) is 8.26. The number of thiocarbonyl (C=S) groups is 1. The summed E-state index contributed by atoms with van der Waals surface area (Å²) in [7, 11) is 0. The van der Waals surface area contributed by atoms with Crippen molar-refractivity contribution in [2.45, 2.75) is 46.1 Å². The van der Waals surface area contributed by atoms with Gasteiger partial charge < -0.3 is 10.2 Å². The molecule has 2 fully saturated rings. The van der Waals surface area contributed by atoms with Crippen molar-refractivity contribution in [3.8, 4) is 0 Å². The summed E-state index contributed by atoms with van der Waals surface area (Å²) in [5.74, 6) is 0. The normalized spacial score (nSPS) is 29.0. The zero-order valence-corrected chi connectivity index (χ0v) is 15.4. The van der Waals surface area contributed by atoms with Crippen LogP contribution in [0, 0.1) is 10.8 Å². The van der Waals surface area contributed by atoms with Gasteiger partial charge in [0.25, 0.3) is 0 Å². The van der Waals surface area contributed by atoms with Crippen LogP contribution in [0.25, 0.3) is 11.0 Å². The van der Waals surface area contributed by atoms with Gasteiger partial charge in [-0.15, -0.1) is 0 Å². The highest BCUT2D eigenvalue weighted by Gasteiger charge is 2.50. The summed E-state index contributed by atoms with van der Waals surface area (Å²) in [6.07, 6.45) is 3.76. The van der Waals surface area contributed by atoms with E-state index in [0.717, 1.165) is 28.4 Å². The van der Waals surface area contributed by atoms with Crippen LogP contribution in [-0.2, 0) is 0 Å². The number of rotatable bonds is 1. The van der Waals surface area contributed by atoms with Gasteiger partial charge in [-0.05, 0) is 60.5 Å². The minimum absolute atomic E-state index is 0.390. The third kappa shape index (κ3) is 2.83. The van der Waals surface area contributed by atoms with Gasteiger partial charge in [-0.25, -0.2) is 0 Å². The average Bonchev–Trinajstić information content (AvgIpc) is 2.99. The Balaban J connectivity index is 1.53. The van der Waals surface area contributed by atoms with Crippen LogP contribution in [0.3, 0.4) is 0 Å². The first-order chi connectivity index (χ1) is 10.8. The highest BCUT2D eigenvalue weighted by atomic mass is 32.1. The van der Waals surface area contributed by atoms with E-state index in [-0.39, 0.29) is 0 Å². The second-order valence-corrected chi connectivity index (χ2v) is 9.15. The van der Waals surface area contributed by atoms with Crippen LogP contribution < -0.4 is 5.32 Å². The molecule has 1 saturated carbocycles. The van der Waals surface area contributed by atoms with Crippen LogP contribution in [0.5, 0.6) is 0 Å². The number of hydrogen-bond donors (Lipinski definition) is 1. The number of likely N-dealkylation sites (tertiary alicyclic amines) is 1. The molecule has 1 aliphatic carbocycles. The molecule has 0 amide bonds. The molecule has 122 valence electrons. The second-order valence-electron chi connectivity index (χ2n) is 8.24. The fourth-order valence-corrected chi connectivity index (χ4v) is 5.60. The molecular formula is C17H22N4S2. The standard InChI is InChI=1S/C17H22N4S2/c1-16(2)7-12-8-17(3,9-16)10-21(12)15(22)18-11-4-5-13-14(6-11)20-23-19-13/h4-6,12H,7-10H2,1-3H3,(H,18,22)/t12-,17-/m0/s1. The summed E-state index contributed by atoms with van der Waals surface area (Å²) in [5, 5.41) is 4.26. The highest BCUT2D eigenvalue weighted by molar-refractivity contribution is 7.80. The minimum atomic E-state index is 0.390. The zero-order valence-electron chi connectivity index (χ0n) is 13.8. The molecule has 0 unspecified atom stereocenters. The van der Waals surface area contributed by atoms with Crippen LogP contribution in [0.1, 0.15) is 40.0 Å². The van der Waals surface area contributed by atoms with Crippen molar-refractivity contribution in [1.29, 1.82) is 0 Å². The van der Waals surface area contributed by atoms with Crippen molar-refractivity contribution >= 4 is 45.8 Å². The van der Waals surface area contributed by atoms with Crippen molar-refractivity contribution in [3.63, 3.8) is 0 Å². The number of hydrogen-bond acceptors (Lipinski definition) is 4. The van der Waals surface area contributed by atoms with Gasteiger partial charge in [0.2, 0.25) is 0 Å². The van der Waals surface area contributed by atoms with Crippen LogP contribution in [0.4, 0.5) is 5.69 Å². The van der Waals surface area contributed by atoms with Gasteiger partial charge in [0.05, 0.1) is 11.7 Å². The third-order valence-corrected chi connectivity index (χ3v) is 6.07. The first kappa shape index (κ1) is 15.3. The van der Waals surface area contributed by atoms with Crippen LogP contribution in [-0.4, -0.2) is 31.3 Å². The molecule has 1 aromatic carbocycles. The second kappa shape index (κ2) is 5.11. The fraction of sp³-hybridized carbons (Fsp3) is 0.588. The molecule has 2 bridgehead atoms. The van der Waals surface area contributed by atoms with E-state index in [9.17, 15) is 0 Å². The first-order valence-corrected chi connectivity index (χ1v) is 9.28. The van der Waals surface area contributed by atoms with Crippen LogP contribution in [0.15, 0.2) is 18.2 Å². The van der Waals surface area contributed by atoms with E-state index in [4.69, 9.17) is 12.2 Å². The highest BCUT2D eigenvalue weighted by Crippen LogP contribution is 2.52. The number of fused-ring (bicyclic) bond motifs is 3. The number of nitrogens with zero attached hydrogens (tertiary/aromatic N) is 3. The molecule has 6 heteroatoms. The van der Waals surface area contributed by atoms with Crippen molar-refractivity contribution in [2.75, 3.05) is 11.9 Å². The number of benzene rings is 1. The smallest absolute Gasteiger partial charge is 0.173 e. The molecular weight excluding hydrogens is 324 g/mol. The fourth-order valence-electron chi connectivity index (χ4n) is 4.75. The topological polar surface area (TPSA) is 41.0 Å². The molecule has 1 saturated heterocycles. The quantitative estimate of drug-likeness (QED) is 0.780. The van der Waals surface area contributed by atoms with Gasteiger partial charge in [-0.2, -0.15) is 8.75 Å². The maximum Gasteiger partial charge on any atom is 0.173 e. The maximum atomic E-state index is 5.73. The summed E-state index contributed by atoms with van der Waals surface area (Å²) in [5.41, 5.74) is 3.67. The molecule has 2 heterocycles. The van der Waals surface area contributed by atoms with Crippen LogP contribution >= 0.6 is 23.9 Å². The van der Waals surface area contributed by atoms with Gasteiger partial charge in [0, 0.05) is 18.3 Å². The van der Waals surface area contributed by atoms with Crippen molar-refractivity contribution in [2.24, 2.45) is 10.8 Å². The molecule has 23 heavy (non-hydrogen) atoms. The summed E-state index contributed by atoms with van der Waals surface area (Å²) < 4.78 is 8.55. The molecule has 2 atom stereocenters. The zero-order chi connectivity index (χ0) is 16.2. The monoisotopic (exact) mass is 346 g/mol. The van der Waals surface area contributed by atoms with Gasteiger partial charge in [-0.3, -0.25) is 0 Å².